The first-order chi connectivity index (χ1) is 13.1. The van der Waals surface area contributed by atoms with E-state index in [9.17, 15) is 4.79 Å². The number of rotatable bonds is 5. The van der Waals surface area contributed by atoms with Gasteiger partial charge in [0.15, 0.2) is 5.78 Å². The second-order valence-electron chi connectivity index (χ2n) is 6.90. The summed E-state index contributed by atoms with van der Waals surface area (Å²) in [5.74, 6) is 0.228. The van der Waals surface area contributed by atoms with Crippen LogP contribution < -0.4 is 5.32 Å². The molecule has 1 heterocycles. The molecule has 1 atom stereocenters. The monoisotopic (exact) mass is 358 g/mol. The second-order valence-corrected chi connectivity index (χ2v) is 6.90. The Labute approximate surface area is 158 Å². The van der Waals surface area contributed by atoms with E-state index < -0.39 is 0 Å². The van der Waals surface area contributed by atoms with Crippen LogP contribution in [0, 0.1) is 0 Å². The molecule has 5 heteroatoms. The number of Topliss-reactive ketones (excluding diaryl/α,β-unsaturated/α-hetero) is 1. The number of ketones is 1. The SMILES string of the molecule is CC1=C(Nc2cccc(-c3cn(C(C)c4ccccc4)nn3)c2)CCC1=O. The van der Waals surface area contributed by atoms with Crippen LogP contribution >= 0.6 is 0 Å². The fourth-order valence-corrected chi connectivity index (χ4v) is 3.35. The maximum absolute atomic E-state index is 11.7. The summed E-state index contributed by atoms with van der Waals surface area (Å²) in [6.45, 7) is 4.00. The summed E-state index contributed by atoms with van der Waals surface area (Å²) in [5, 5.41) is 12.1. The number of carbonyl (C=O) groups is 1. The average molecular weight is 358 g/mol. The van der Waals surface area contributed by atoms with E-state index in [0.29, 0.717) is 6.42 Å². The zero-order valence-electron chi connectivity index (χ0n) is 15.5. The molecule has 27 heavy (non-hydrogen) atoms. The van der Waals surface area contributed by atoms with Gasteiger partial charge < -0.3 is 5.32 Å². The quantitative estimate of drug-likeness (QED) is 0.724. The van der Waals surface area contributed by atoms with Crippen LogP contribution in [0.2, 0.25) is 0 Å². The molecule has 0 fully saturated rings. The Kier molecular flexibility index (Phi) is 4.59. The van der Waals surface area contributed by atoms with E-state index in [1.807, 2.05) is 60.3 Å². The first-order valence-electron chi connectivity index (χ1n) is 9.19. The van der Waals surface area contributed by atoms with Gasteiger partial charge in [-0.05, 0) is 38.0 Å². The van der Waals surface area contributed by atoms with E-state index >= 15 is 0 Å². The third kappa shape index (κ3) is 3.53. The van der Waals surface area contributed by atoms with Gasteiger partial charge in [0, 0.05) is 28.9 Å². The molecule has 2 aromatic carbocycles. The highest BCUT2D eigenvalue weighted by Crippen LogP contribution is 2.27. The fourth-order valence-electron chi connectivity index (χ4n) is 3.35. The van der Waals surface area contributed by atoms with Gasteiger partial charge in [-0.25, -0.2) is 4.68 Å². The van der Waals surface area contributed by atoms with Gasteiger partial charge in [-0.3, -0.25) is 4.79 Å². The van der Waals surface area contributed by atoms with E-state index in [4.69, 9.17) is 0 Å². The first-order valence-corrected chi connectivity index (χ1v) is 9.19. The molecule has 4 rings (SSSR count). The van der Waals surface area contributed by atoms with Crippen LogP contribution in [0.25, 0.3) is 11.3 Å². The molecule has 1 aliphatic carbocycles. The van der Waals surface area contributed by atoms with Crippen molar-refractivity contribution in [2.24, 2.45) is 0 Å². The van der Waals surface area contributed by atoms with E-state index in [-0.39, 0.29) is 11.8 Å². The van der Waals surface area contributed by atoms with Crippen LogP contribution in [-0.2, 0) is 4.79 Å². The number of nitrogens with one attached hydrogen (secondary N) is 1. The molecule has 3 aromatic rings. The minimum absolute atomic E-state index is 0.117. The number of nitrogens with zero attached hydrogens (tertiary/aromatic N) is 3. The van der Waals surface area contributed by atoms with Crippen LogP contribution in [0.15, 0.2) is 72.1 Å². The summed E-state index contributed by atoms with van der Waals surface area (Å²) in [6, 6.07) is 18.4. The highest BCUT2D eigenvalue weighted by Gasteiger charge is 2.19. The molecular formula is C22H22N4O. The molecule has 1 unspecified atom stereocenters. The molecule has 0 amide bonds. The molecule has 0 radical (unpaired) electrons. The van der Waals surface area contributed by atoms with Crippen LogP contribution in [0.3, 0.4) is 0 Å². The smallest absolute Gasteiger partial charge is 0.160 e. The van der Waals surface area contributed by atoms with Crippen LogP contribution in [0.1, 0.15) is 38.3 Å². The highest BCUT2D eigenvalue weighted by atomic mass is 16.1. The molecule has 0 saturated heterocycles. The van der Waals surface area contributed by atoms with E-state index in [2.05, 4.69) is 34.7 Å². The summed E-state index contributed by atoms with van der Waals surface area (Å²) in [4.78, 5) is 11.7. The number of benzene rings is 2. The lowest BCUT2D eigenvalue weighted by atomic mass is 10.1. The van der Waals surface area contributed by atoms with Gasteiger partial charge in [-0.15, -0.1) is 5.10 Å². The molecular weight excluding hydrogens is 336 g/mol. The summed E-state index contributed by atoms with van der Waals surface area (Å²) in [5.41, 5.74) is 5.82. The standard InChI is InChI=1S/C22H22N4O/c1-15-20(11-12-22(15)27)23-19-10-6-9-18(13-19)21-14-26(25-24-21)16(2)17-7-4-3-5-8-17/h3-10,13-14,16,23H,11-12H2,1-2H3. The third-order valence-electron chi connectivity index (χ3n) is 5.12. The molecule has 1 aliphatic rings. The largest absolute Gasteiger partial charge is 0.359 e. The van der Waals surface area contributed by atoms with Crippen molar-refractivity contribution >= 4 is 11.5 Å². The van der Waals surface area contributed by atoms with Crippen molar-refractivity contribution in [2.75, 3.05) is 5.32 Å². The number of hydrogen-bond donors (Lipinski definition) is 1. The van der Waals surface area contributed by atoms with Crippen molar-refractivity contribution in [1.82, 2.24) is 15.0 Å². The summed E-state index contributed by atoms with van der Waals surface area (Å²) < 4.78 is 1.88. The van der Waals surface area contributed by atoms with Crippen molar-refractivity contribution in [3.8, 4) is 11.3 Å². The molecule has 0 saturated carbocycles. The Morgan fingerprint density at radius 1 is 1.07 bits per heavy atom. The second kappa shape index (κ2) is 7.19. The van der Waals surface area contributed by atoms with Crippen LogP contribution in [0.5, 0.6) is 0 Å². The topological polar surface area (TPSA) is 59.8 Å². The Bertz CT molecular complexity index is 1000. The number of hydrogen-bond acceptors (Lipinski definition) is 4. The number of allylic oxidation sites excluding steroid dienone is 2. The molecule has 0 bridgehead atoms. The predicted molar refractivity (Wildman–Crippen MR) is 106 cm³/mol. The van der Waals surface area contributed by atoms with Crippen molar-refractivity contribution in [3.63, 3.8) is 0 Å². The van der Waals surface area contributed by atoms with E-state index in [1.54, 1.807) is 0 Å². The van der Waals surface area contributed by atoms with Crippen molar-refractivity contribution in [2.45, 2.75) is 32.7 Å². The van der Waals surface area contributed by atoms with Gasteiger partial charge in [-0.1, -0.05) is 47.7 Å². The minimum atomic E-state index is 0.117. The van der Waals surface area contributed by atoms with Crippen molar-refractivity contribution in [1.29, 1.82) is 0 Å². The number of carbonyl (C=O) groups excluding carboxylic acids is 1. The molecule has 5 nitrogen and oxygen atoms in total. The normalized spacial score (nSPS) is 15.3. The first kappa shape index (κ1) is 17.2. The van der Waals surface area contributed by atoms with Crippen molar-refractivity contribution < 1.29 is 4.79 Å². The lowest BCUT2D eigenvalue weighted by molar-refractivity contribution is -0.114. The third-order valence-corrected chi connectivity index (χ3v) is 5.12. The van der Waals surface area contributed by atoms with Gasteiger partial charge in [0.05, 0.1) is 12.2 Å². The molecule has 1 N–H and O–H groups in total. The molecule has 0 aliphatic heterocycles. The Morgan fingerprint density at radius 2 is 1.89 bits per heavy atom. The molecule has 136 valence electrons. The van der Waals surface area contributed by atoms with Crippen LogP contribution in [-0.4, -0.2) is 20.8 Å². The lowest BCUT2D eigenvalue weighted by Crippen LogP contribution is -2.07. The summed E-state index contributed by atoms with van der Waals surface area (Å²) in [7, 11) is 0. The Hall–Kier alpha value is -3.21. The zero-order valence-corrected chi connectivity index (χ0v) is 15.5. The fraction of sp³-hybridized carbons (Fsp3) is 0.227. The molecule has 0 spiro atoms. The molecule has 1 aromatic heterocycles. The maximum Gasteiger partial charge on any atom is 0.160 e. The summed E-state index contributed by atoms with van der Waals surface area (Å²) in [6.07, 6.45) is 3.35. The van der Waals surface area contributed by atoms with Gasteiger partial charge >= 0.3 is 0 Å². The van der Waals surface area contributed by atoms with Gasteiger partial charge in [-0.2, -0.15) is 0 Å². The average Bonchev–Trinajstić information content (AvgIpc) is 3.31. The lowest BCUT2D eigenvalue weighted by Gasteiger charge is -2.11. The minimum Gasteiger partial charge on any atom is -0.359 e. The Morgan fingerprint density at radius 3 is 2.63 bits per heavy atom. The Balaban J connectivity index is 1.56. The maximum atomic E-state index is 11.7. The zero-order chi connectivity index (χ0) is 18.8. The highest BCUT2D eigenvalue weighted by molar-refractivity contribution is 5.98. The number of anilines is 1. The number of aromatic nitrogens is 3. The van der Waals surface area contributed by atoms with Gasteiger partial charge in [0.2, 0.25) is 0 Å². The predicted octanol–water partition coefficient (Wildman–Crippen LogP) is 4.60. The van der Waals surface area contributed by atoms with Gasteiger partial charge in [0.1, 0.15) is 5.69 Å². The van der Waals surface area contributed by atoms with Crippen LogP contribution in [0.4, 0.5) is 5.69 Å². The van der Waals surface area contributed by atoms with E-state index in [0.717, 1.165) is 34.6 Å². The summed E-state index contributed by atoms with van der Waals surface area (Å²) >= 11 is 0. The van der Waals surface area contributed by atoms with Crippen molar-refractivity contribution in [3.05, 3.63) is 77.6 Å². The van der Waals surface area contributed by atoms with Gasteiger partial charge in [0.25, 0.3) is 0 Å². The van der Waals surface area contributed by atoms with E-state index in [1.165, 1.54) is 5.56 Å².